The third kappa shape index (κ3) is 3.21. The van der Waals surface area contributed by atoms with Gasteiger partial charge in [0.2, 0.25) is 0 Å². The van der Waals surface area contributed by atoms with Crippen molar-refractivity contribution in [2.75, 3.05) is 5.32 Å². The molecule has 0 unspecified atom stereocenters. The summed E-state index contributed by atoms with van der Waals surface area (Å²) >= 11 is 0. The van der Waals surface area contributed by atoms with Gasteiger partial charge in [-0.05, 0) is 18.2 Å². The van der Waals surface area contributed by atoms with Crippen LogP contribution in [0.25, 0.3) is 0 Å². The molecule has 1 N–H and O–H groups in total. The van der Waals surface area contributed by atoms with Crippen molar-refractivity contribution < 1.29 is 19.6 Å². The summed E-state index contributed by atoms with van der Waals surface area (Å²) < 4.78 is 0. The standard InChI is InChI=1S/C14H10N2O5/c17-13(9-4-2-1-3-5-9)15-12-8-10(16(20)21)6-7-11(12)14(18)19/h1-8H,(H,15,17)(H,18,19)/p-1. The third-order valence-corrected chi connectivity index (χ3v) is 2.72. The van der Waals surface area contributed by atoms with E-state index in [-0.39, 0.29) is 16.9 Å². The highest BCUT2D eigenvalue weighted by molar-refractivity contribution is 6.07. The maximum atomic E-state index is 12.0. The van der Waals surface area contributed by atoms with E-state index in [1.54, 1.807) is 18.2 Å². The number of carbonyl (C=O) groups excluding carboxylic acids is 2. The van der Waals surface area contributed by atoms with Gasteiger partial charge >= 0.3 is 0 Å². The number of rotatable bonds is 4. The molecule has 0 bridgehead atoms. The predicted molar refractivity (Wildman–Crippen MR) is 71.8 cm³/mol. The molecule has 2 aromatic rings. The molecule has 0 aliphatic rings. The first-order valence-corrected chi connectivity index (χ1v) is 5.85. The van der Waals surface area contributed by atoms with Crippen LogP contribution in [0.1, 0.15) is 20.7 Å². The van der Waals surface area contributed by atoms with Crippen molar-refractivity contribution in [1.82, 2.24) is 0 Å². The smallest absolute Gasteiger partial charge is 0.271 e. The monoisotopic (exact) mass is 285 g/mol. The maximum absolute atomic E-state index is 12.0. The van der Waals surface area contributed by atoms with E-state index in [0.29, 0.717) is 5.56 Å². The molecule has 1 amide bonds. The Morgan fingerprint density at radius 3 is 2.29 bits per heavy atom. The zero-order valence-corrected chi connectivity index (χ0v) is 10.6. The number of hydrogen-bond acceptors (Lipinski definition) is 5. The number of hydrogen-bond donors (Lipinski definition) is 1. The summed E-state index contributed by atoms with van der Waals surface area (Å²) in [4.78, 5) is 33.0. The number of nitrogens with one attached hydrogen (secondary N) is 1. The normalized spacial score (nSPS) is 9.90. The lowest BCUT2D eigenvalue weighted by Crippen LogP contribution is -2.25. The Bertz CT molecular complexity index is 713. The van der Waals surface area contributed by atoms with E-state index in [9.17, 15) is 24.8 Å². The summed E-state index contributed by atoms with van der Waals surface area (Å²) in [5, 5.41) is 24.0. The summed E-state index contributed by atoms with van der Waals surface area (Å²) in [6.45, 7) is 0. The molecule has 106 valence electrons. The molecule has 7 heteroatoms. The summed E-state index contributed by atoms with van der Waals surface area (Å²) in [5.74, 6) is -2.10. The molecule has 0 heterocycles. The SMILES string of the molecule is O=C(Nc1cc([N+](=O)[O-])ccc1C(=O)[O-])c1ccccc1. The van der Waals surface area contributed by atoms with E-state index in [4.69, 9.17) is 0 Å². The molecule has 2 aromatic carbocycles. The number of carboxylic acids is 1. The lowest BCUT2D eigenvalue weighted by molar-refractivity contribution is -0.384. The Morgan fingerprint density at radius 1 is 1.05 bits per heavy atom. The number of non-ortho nitro benzene ring substituents is 1. The molecule has 2 rings (SSSR count). The molecule has 0 spiro atoms. The highest BCUT2D eigenvalue weighted by Gasteiger charge is 2.14. The fourth-order valence-corrected chi connectivity index (χ4v) is 1.71. The van der Waals surface area contributed by atoms with Crippen molar-refractivity contribution >= 4 is 23.3 Å². The third-order valence-electron chi connectivity index (χ3n) is 2.72. The number of nitrogens with zero attached hydrogens (tertiary/aromatic N) is 1. The van der Waals surface area contributed by atoms with Crippen molar-refractivity contribution in [2.24, 2.45) is 0 Å². The first-order chi connectivity index (χ1) is 9.99. The first-order valence-electron chi connectivity index (χ1n) is 5.85. The predicted octanol–water partition coefficient (Wildman–Crippen LogP) is 1.21. The van der Waals surface area contributed by atoms with Crippen molar-refractivity contribution in [1.29, 1.82) is 0 Å². The van der Waals surface area contributed by atoms with Crippen LogP contribution in [0, 0.1) is 10.1 Å². The summed E-state index contributed by atoms with van der Waals surface area (Å²) in [5.41, 5.74) is -0.542. The van der Waals surface area contributed by atoms with E-state index in [0.717, 1.165) is 18.2 Å². The van der Waals surface area contributed by atoms with Crippen LogP contribution in [0.15, 0.2) is 48.5 Å². The van der Waals surface area contributed by atoms with Crippen molar-refractivity contribution in [3.05, 3.63) is 69.8 Å². The number of carbonyl (C=O) groups is 2. The van der Waals surface area contributed by atoms with E-state index in [2.05, 4.69) is 5.32 Å². The molecule has 0 radical (unpaired) electrons. The van der Waals surface area contributed by atoms with Gasteiger partial charge in [0.15, 0.2) is 0 Å². The molecule has 0 saturated carbocycles. The van der Waals surface area contributed by atoms with Gasteiger partial charge in [-0.25, -0.2) is 0 Å². The van der Waals surface area contributed by atoms with Gasteiger partial charge in [0.1, 0.15) is 0 Å². The van der Waals surface area contributed by atoms with Crippen LogP contribution >= 0.6 is 0 Å². The molecule has 0 aliphatic heterocycles. The minimum absolute atomic E-state index is 0.182. The minimum Gasteiger partial charge on any atom is -0.545 e. The van der Waals surface area contributed by atoms with Crippen LogP contribution in [-0.2, 0) is 0 Å². The van der Waals surface area contributed by atoms with Gasteiger partial charge < -0.3 is 15.2 Å². The van der Waals surface area contributed by atoms with Gasteiger partial charge in [0.25, 0.3) is 11.6 Å². The average Bonchev–Trinajstić information content (AvgIpc) is 2.47. The van der Waals surface area contributed by atoms with E-state index in [1.165, 1.54) is 12.1 Å². The average molecular weight is 285 g/mol. The van der Waals surface area contributed by atoms with Crippen LogP contribution in [-0.4, -0.2) is 16.8 Å². The Morgan fingerprint density at radius 2 is 1.71 bits per heavy atom. The molecular formula is C14H9N2O5-. The molecule has 21 heavy (non-hydrogen) atoms. The van der Waals surface area contributed by atoms with Crippen molar-refractivity contribution in [2.45, 2.75) is 0 Å². The van der Waals surface area contributed by atoms with Gasteiger partial charge in [-0.2, -0.15) is 0 Å². The zero-order chi connectivity index (χ0) is 15.4. The fourth-order valence-electron chi connectivity index (χ4n) is 1.71. The topological polar surface area (TPSA) is 112 Å². The molecule has 0 aliphatic carbocycles. The number of aromatic carboxylic acids is 1. The Kier molecular flexibility index (Phi) is 3.94. The molecule has 0 fully saturated rings. The highest BCUT2D eigenvalue weighted by atomic mass is 16.6. The van der Waals surface area contributed by atoms with Gasteiger partial charge in [-0.1, -0.05) is 18.2 Å². The van der Waals surface area contributed by atoms with Gasteiger partial charge in [-0.3, -0.25) is 14.9 Å². The molecule has 0 atom stereocenters. The number of carboxylic acid groups (broad SMARTS) is 1. The van der Waals surface area contributed by atoms with Crippen LogP contribution in [0.5, 0.6) is 0 Å². The molecule has 0 aromatic heterocycles. The number of nitro groups is 1. The van der Waals surface area contributed by atoms with Crippen LogP contribution in [0.4, 0.5) is 11.4 Å². The number of benzene rings is 2. The second-order valence-corrected chi connectivity index (χ2v) is 4.09. The Labute approximate surface area is 119 Å². The van der Waals surface area contributed by atoms with E-state index >= 15 is 0 Å². The summed E-state index contributed by atoms with van der Waals surface area (Å²) in [7, 11) is 0. The summed E-state index contributed by atoms with van der Waals surface area (Å²) in [6, 6.07) is 11.1. The second kappa shape index (κ2) is 5.83. The van der Waals surface area contributed by atoms with E-state index < -0.39 is 16.8 Å². The Hall–Kier alpha value is -3.22. The highest BCUT2D eigenvalue weighted by Crippen LogP contribution is 2.22. The first kappa shape index (κ1) is 14.2. The molecule has 7 nitrogen and oxygen atoms in total. The number of anilines is 1. The zero-order valence-electron chi connectivity index (χ0n) is 10.6. The lowest BCUT2D eigenvalue weighted by Gasteiger charge is -2.11. The van der Waals surface area contributed by atoms with Gasteiger partial charge in [-0.15, -0.1) is 0 Å². The van der Waals surface area contributed by atoms with Crippen molar-refractivity contribution in [3.8, 4) is 0 Å². The van der Waals surface area contributed by atoms with Crippen LogP contribution < -0.4 is 10.4 Å². The van der Waals surface area contributed by atoms with Crippen molar-refractivity contribution in [3.63, 3.8) is 0 Å². The largest absolute Gasteiger partial charge is 0.545 e. The molecule has 0 saturated heterocycles. The maximum Gasteiger partial charge on any atom is 0.271 e. The Balaban J connectivity index is 2.37. The quantitative estimate of drug-likeness (QED) is 0.670. The van der Waals surface area contributed by atoms with E-state index in [1.807, 2.05) is 0 Å². The van der Waals surface area contributed by atoms with Gasteiger partial charge in [0.05, 0.1) is 16.6 Å². The fraction of sp³-hybridized carbons (Fsp3) is 0. The minimum atomic E-state index is -1.53. The molecular weight excluding hydrogens is 276 g/mol. The number of amides is 1. The van der Waals surface area contributed by atoms with Crippen LogP contribution in [0.2, 0.25) is 0 Å². The van der Waals surface area contributed by atoms with Crippen LogP contribution in [0.3, 0.4) is 0 Å². The van der Waals surface area contributed by atoms with Gasteiger partial charge in [0, 0.05) is 23.3 Å². The second-order valence-electron chi connectivity index (χ2n) is 4.09. The number of nitro benzene ring substituents is 1. The lowest BCUT2D eigenvalue weighted by atomic mass is 10.1. The summed E-state index contributed by atoms with van der Waals surface area (Å²) in [6.07, 6.45) is 0.